The van der Waals surface area contributed by atoms with Crippen molar-refractivity contribution < 1.29 is 14.6 Å². The van der Waals surface area contributed by atoms with Crippen LogP contribution < -0.4 is 10.6 Å². The largest absolute Gasteiger partial charge is 0.391 e. The maximum absolute atomic E-state index is 12.0. The molecule has 3 atom stereocenters. The number of amides is 2. The average molecular weight is 292 g/mol. The van der Waals surface area contributed by atoms with E-state index in [4.69, 9.17) is 4.74 Å². The molecule has 5 heteroatoms. The number of ether oxygens (including phenoxy) is 1. The molecule has 1 aromatic rings. The van der Waals surface area contributed by atoms with E-state index < -0.39 is 6.10 Å². The molecule has 0 radical (unpaired) electrons. The third-order valence-electron chi connectivity index (χ3n) is 3.91. The molecule has 116 valence electrons. The Morgan fingerprint density at radius 2 is 2.24 bits per heavy atom. The van der Waals surface area contributed by atoms with Gasteiger partial charge in [0.15, 0.2) is 0 Å². The summed E-state index contributed by atoms with van der Waals surface area (Å²) in [6.07, 6.45) is 0.938. The van der Waals surface area contributed by atoms with E-state index in [9.17, 15) is 9.90 Å². The first kappa shape index (κ1) is 15.8. The molecule has 0 bridgehead atoms. The van der Waals surface area contributed by atoms with Crippen molar-refractivity contribution in [2.24, 2.45) is 5.92 Å². The summed E-state index contributed by atoms with van der Waals surface area (Å²) >= 11 is 0. The maximum atomic E-state index is 12.0. The summed E-state index contributed by atoms with van der Waals surface area (Å²) in [5.74, 6) is 0.396. The van der Waals surface area contributed by atoms with Gasteiger partial charge in [-0.25, -0.2) is 4.79 Å². The highest BCUT2D eigenvalue weighted by atomic mass is 16.5. The highest BCUT2D eigenvalue weighted by molar-refractivity contribution is 5.74. The number of carbonyl (C=O) groups excluding carboxylic acids is 1. The van der Waals surface area contributed by atoms with Gasteiger partial charge >= 0.3 is 6.03 Å². The van der Waals surface area contributed by atoms with Crippen LogP contribution in [0.15, 0.2) is 24.3 Å². The summed E-state index contributed by atoms with van der Waals surface area (Å²) in [6.45, 7) is 2.86. The molecule has 0 aliphatic heterocycles. The number of hydrogen-bond acceptors (Lipinski definition) is 3. The second-order valence-electron chi connectivity index (χ2n) is 5.66. The number of fused-ring (bicyclic) bond motifs is 1. The molecule has 0 spiro atoms. The Bertz CT molecular complexity index is 478. The van der Waals surface area contributed by atoms with Crippen molar-refractivity contribution in [3.8, 4) is 0 Å². The van der Waals surface area contributed by atoms with E-state index in [1.54, 1.807) is 7.11 Å². The first-order chi connectivity index (χ1) is 10.1. The molecule has 3 unspecified atom stereocenters. The first-order valence-corrected chi connectivity index (χ1v) is 7.41. The number of aliphatic hydroxyl groups is 1. The minimum atomic E-state index is -0.540. The maximum Gasteiger partial charge on any atom is 0.315 e. The summed E-state index contributed by atoms with van der Waals surface area (Å²) < 4.78 is 4.84. The highest BCUT2D eigenvalue weighted by Crippen LogP contribution is 2.35. The SMILES string of the molecule is COCC(O)CCNC(=O)NC1c2ccccc2CC1C. The number of urea groups is 1. The zero-order valence-corrected chi connectivity index (χ0v) is 12.6. The van der Waals surface area contributed by atoms with Gasteiger partial charge in [-0.15, -0.1) is 0 Å². The predicted octanol–water partition coefficient (Wildman–Crippen LogP) is 1.62. The molecule has 1 aromatic carbocycles. The normalized spacial score (nSPS) is 21.7. The van der Waals surface area contributed by atoms with Crippen LogP contribution in [0.25, 0.3) is 0 Å². The van der Waals surface area contributed by atoms with Crippen molar-refractivity contribution in [1.29, 1.82) is 0 Å². The molecule has 0 heterocycles. The van der Waals surface area contributed by atoms with Crippen LogP contribution in [-0.2, 0) is 11.2 Å². The summed E-state index contributed by atoms with van der Waals surface area (Å²) in [5, 5.41) is 15.3. The van der Waals surface area contributed by atoms with Gasteiger partial charge in [-0.1, -0.05) is 31.2 Å². The molecule has 3 N–H and O–H groups in total. The lowest BCUT2D eigenvalue weighted by atomic mass is 10.0. The van der Waals surface area contributed by atoms with Crippen LogP contribution in [0.2, 0.25) is 0 Å². The topological polar surface area (TPSA) is 70.6 Å². The van der Waals surface area contributed by atoms with Gasteiger partial charge in [0.1, 0.15) is 0 Å². The van der Waals surface area contributed by atoms with E-state index in [1.807, 2.05) is 12.1 Å². The summed E-state index contributed by atoms with van der Waals surface area (Å²) in [7, 11) is 1.54. The van der Waals surface area contributed by atoms with Gasteiger partial charge in [-0.3, -0.25) is 0 Å². The van der Waals surface area contributed by atoms with Gasteiger partial charge in [0, 0.05) is 13.7 Å². The number of rotatable bonds is 6. The van der Waals surface area contributed by atoms with Crippen LogP contribution in [-0.4, -0.2) is 37.5 Å². The van der Waals surface area contributed by atoms with E-state index in [-0.39, 0.29) is 18.7 Å². The Morgan fingerprint density at radius 3 is 3.00 bits per heavy atom. The second kappa shape index (κ2) is 7.43. The zero-order chi connectivity index (χ0) is 15.2. The first-order valence-electron chi connectivity index (χ1n) is 7.41. The molecule has 0 fully saturated rings. The predicted molar refractivity (Wildman–Crippen MR) is 81.1 cm³/mol. The molecule has 0 aromatic heterocycles. The van der Waals surface area contributed by atoms with Crippen molar-refractivity contribution in [2.75, 3.05) is 20.3 Å². The molecule has 0 saturated carbocycles. The molecular weight excluding hydrogens is 268 g/mol. The third-order valence-corrected chi connectivity index (χ3v) is 3.91. The third kappa shape index (κ3) is 4.19. The van der Waals surface area contributed by atoms with Crippen LogP contribution >= 0.6 is 0 Å². The van der Waals surface area contributed by atoms with Crippen molar-refractivity contribution in [1.82, 2.24) is 10.6 Å². The van der Waals surface area contributed by atoms with Gasteiger partial charge in [0.25, 0.3) is 0 Å². The quantitative estimate of drug-likeness (QED) is 0.746. The van der Waals surface area contributed by atoms with Gasteiger partial charge in [0.05, 0.1) is 18.8 Å². The van der Waals surface area contributed by atoms with Crippen LogP contribution in [0.3, 0.4) is 0 Å². The minimum absolute atomic E-state index is 0.0603. The van der Waals surface area contributed by atoms with Gasteiger partial charge < -0.3 is 20.5 Å². The Hall–Kier alpha value is -1.59. The summed E-state index contributed by atoms with van der Waals surface area (Å²) in [6, 6.07) is 8.10. The molecule has 1 aliphatic carbocycles. The number of carbonyl (C=O) groups is 1. The molecule has 2 amide bonds. The number of benzene rings is 1. The van der Waals surface area contributed by atoms with Crippen LogP contribution in [0.5, 0.6) is 0 Å². The molecule has 21 heavy (non-hydrogen) atoms. The molecule has 2 rings (SSSR count). The van der Waals surface area contributed by atoms with Crippen molar-refractivity contribution in [3.05, 3.63) is 35.4 Å². The van der Waals surface area contributed by atoms with Crippen molar-refractivity contribution in [3.63, 3.8) is 0 Å². The average Bonchev–Trinajstić information content (AvgIpc) is 2.76. The van der Waals surface area contributed by atoms with Crippen molar-refractivity contribution in [2.45, 2.75) is 31.9 Å². The number of methoxy groups -OCH3 is 1. The fraction of sp³-hybridized carbons (Fsp3) is 0.562. The van der Waals surface area contributed by atoms with E-state index in [1.165, 1.54) is 11.1 Å². The van der Waals surface area contributed by atoms with Gasteiger partial charge in [-0.2, -0.15) is 0 Å². The fourth-order valence-electron chi connectivity index (χ4n) is 2.84. The Labute approximate surface area is 125 Å². The van der Waals surface area contributed by atoms with Gasteiger partial charge in [-0.05, 0) is 29.9 Å². The molecule has 1 aliphatic rings. The zero-order valence-electron chi connectivity index (χ0n) is 12.6. The van der Waals surface area contributed by atoms with E-state index >= 15 is 0 Å². The highest BCUT2D eigenvalue weighted by Gasteiger charge is 2.29. The van der Waals surface area contributed by atoms with Gasteiger partial charge in [0.2, 0.25) is 0 Å². The van der Waals surface area contributed by atoms with E-state index in [2.05, 4.69) is 29.7 Å². The van der Waals surface area contributed by atoms with Crippen LogP contribution in [0, 0.1) is 5.92 Å². The monoisotopic (exact) mass is 292 g/mol. The molecule has 5 nitrogen and oxygen atoms in total. The second-order valence-corrected chi connectivity index (χ2v) is 5.66. The summed E-state index contributed by atoms with van der Waals surface area (Å²) in [5.41, 5.74) is 2.52. The number of aliphatic hydroxyl groups excluding tert-OH is 1. The fourth-order valence-corrected chi connectivity index (χ4v) is 2.84. The van der Waals surface area contributed by atoms with E-state index in [0.717, 1.165) is 6.42 Å². The Balaban J connectivity index is 1.80. The molecular formula is C16H24N2O3. The lowest BCUT2D eigenvalue weighted by Gasteiger charge is -2.19. The Morgan fingerprint density at radius 1 is 1.48 bits per heavy atom. The smallest absolute Gasteiger partial charge is 0.315 e. The standard InChI is InChI=1S/C16H24N2O3/c1-11-9-12-5-3-4-6-14(12)15(11)18-16(20)17-8-7-13(19)10-21-2/h3-6,11,13,15,19H,7-10H2,1-2H3,(H2,17,18,20). The minimum Gasteiger partial charge on any atom is -0.391 e. The molecule has 0 saturated heterocycles. The number of nitrogens with one attached hydrogen (secondary N) is 2. The lowest BCUT2D eigenvalue weighted by molar-refractivity contribution is 0.0598. The van der Waals surface area contributed by atoms with Crippen LogP contribution in [0.4, 0.5) is 4.79 Å². The van der Waals surface area contributed by atoms with Crippen molar-refractivity contribution >= 4 is 6.03 Å². The lowest BCUT2D eigenvalue weighted by Crippen LogP contribution is -2.40. The summed E-state index contributed by atoms with van der Waals surface area (Å²) in [4.78, 5) is 12.0. The number of hydrogen-bond donors (Lipinski definition) is 3. The van der Waals surface area contributed by atoms with Crippen LogP contribution in [0.1, 0.15) is 30.5 Å². The Kier molecular flexibility index (Phi) is 5.59. The van der Waals surface area contributed by atoms with E-state index in [0.29, 0.717) is 18.9 Å².